The molecule has 21 heavy (non-hydrogen) atoms. The van der Waals surface area contributed by atoms with Gasteiger partial charge in [-0.05, 0) is 48.9 Å². The van der Waals surface area contributed by atoms with Crippen molar-refractivity contribution < 1.29 is 4.79 Å². The van der Waals surface area contributed by atoms with Crippen LogP contribution in [0.4, 0.5) is 5.69 Å². The maximum atomic E-state index is 11.4. The number of carbonyl (C=O) groups excluding carboxylic acids is 1. The summed E-state index contributed by atoms with van der Waals surface area (Å²) in [5, 5.41) is 6.64. The van der Waals surface area contributed by atoms with Gasteiger partial charge >= 0.3 is 0 Å². The van der Waals surface area contributed by atoms with Gasteiger partial charge in [-0.1, -0.05) is 39.3 Å². The molecule has 0 saturated heterocycles. The van der Waals surface area contributed by atoms with Crippen molar-refractivity contribution in [2.24, 2.45) is 5.92 Å². The first-order valence-electron chi connectivity index (χ1n) is 8.30. The second-order valence-electron chi connectivity index (χ2n) is 6.22. The van der Waals surface area contributed by atoms with Crippen molar-refractivity contribution in [1.82, 2.24) is 5.32 Å². The van der Waals surface area contributed by atoms with Crippen LogP contribution in [0.2, 0.25) is 0 Å². The molecular weight excluding hydrogens is 260 g/mol. The summed E-state index contributed by atoms with van der Waals surface area (Å²) in [7, 11) is 0. The molecule has 0 fully saturated rings. The van der Waals surface area contributed by atoms with Crippen LogP contribution in [0.5, 0.6) is 0 Å². The molecule has 0 spiro atoms. The van der Waals surface area contributed by atoms with E-state index >= 15 is 0 Å². The number of hydrogen-bond donors (Lipinski definition) is 2. The van der Waals surface area contributed by atoms with E-state index in [2.05, 4.69) is 49.6 Å². The van der Waals surface area contributed by atoms with Crippen LogP contribution in [-0.4, -0.2) is 12.5 Å². The summed E-state index contributed by atoms with van der Waals surface area (Å²) in [4.78, 5) is 11.4. The molecule has 1 aromatic carbocycles. The Bertz CT molecular complexity index is 484. The van der Waals surface area contributed by atoms with Gasteiger partial charge in [0, 0.05) is 18.2 Å². The monoisotopic (exact) mass is 288 g/mol. The number of anilines is 1. The Labute approximate surface area is 128 Å². The van der Waals surface area contributed by atoms with E-state index in [0.717, 1.165) is 31.0 Å². The Balaban J connectivity index is 2.17. The van der Waals surface area contributed by atoms with Crippen molar-refractivity contribution in [2.45, 2.75) is 58.9 Å². The average Bonchev–Trinajstić information content (AvgIpc) is 2.50. The molecule has 116 valence electrons. The molecule has 1 aliphatic rings. The minimum Gasteiger partial charge on any atom is -0.326 e. The lowest BCUT2D eigenvalue weighted by Gasteiger charge is -2.24. The number of rotatable bonds is 7. The Kier molecular flexibility index (Phi) is 5.80. The van der Waals surface area contributed by atoms with Gasteiger partial charge in [0.1, 0.15) is 0 Å². The minimum absolute atomic E-state index is 0.135. The average molecular weight is 288 g/mol. The maximum Gasteiger partial charge on any atom is 0.224 e. The lowest BCUT2D eigenvalue weighted by molar-refractivity contribution is -0.116. The number of amides is 1. The molecule has 0 aromatic heterocycles. The standard InChI is InChI=1S/C18H28N2O/c1-4-10-19-17(11-13(3)5-2)15-6-8-16-14(12-15)7-9-18(21)20-16/h6,8,12-13,17,19H,4-5,7,9-11H2,1-3H3,(H,20,21). The quantitative estimate of drug-likeness (QED) is 0.794. The maximum absolute atomic E-state index is 11.4. The van der Waals surface area contributed by atoms with Crippen molar-refractivity contribution in [3.8, 4) is 0 Å². The molecule has 1 heterocycles. The summed E-state index contributed by atoms with van der Waals surface area (Å²) >= 11 is 0. The molecule has 0 aliphatic carbocycles. The first-order chi connectivity index (χ1) is 10.1. The number of carbonyl (C=O) groups is 1. The van der Waals surface area contributed by atoms with Crippen molar-refractivity contribution in [3.05, 3.63) is 29.3 Å². The van der Waals surface area contributed by atoms with Gasteiger partial charge in [-0.15, -0.1) is 0 Å². The second-order valence-corrected chi connectivity index (χ2v) is 6.22. The first-order valence-corrected chi connectivity index (χ1v) is 8.30. The van der Waals surface area contributed by atoms with Crippen molar-refractivity contribution in [3.63, 3.8) is 0 Å². The fraction of sp³-hybridized carbons (Fsp3) is 0.611. The summed E-state index contributed by atoms with van der Waals surface area (Å²) in [5.74, 6) is 0.852. The zero-order valence-corrected chi connectivity index (χ0v) is 13.5. The van der Waals surface area contributed by atoms with Crippen LogP contribution < -0.4 is 10.6 Å². The third kappa shape index (κ3) is 4.31. The molecule has 1 aromatic rings. The first kappa shape index (κ1) is 16.0. The highest BCUT2D eigenvalue weighted by atomic mass is 16.1. The summed E-state index contributed by atoms with van der Waals surface area (Å²) in [6, 6.07) is 6.94. The molecule has 3 nitrogen and oxygen atoms in total. The summed E-state index contributed by atoms with van der Waals surface area (Å²) in [6.45, 7) is 7.83. The van der Waals surface area contributed by atoms with E-state index in [1.165, 1.54) is 24.0 Å². The summed E-state index contributed by atoms with van der Waals surface area (Å²) in [5.41, 5.74) is 3.63. The van der Waals surface area contributed by atoms with Crippen LogP contribution >= 0.6 is 0 Å². The van der Waals surface area contributed by atoms with Crippen LogP contribution in [0.1, 0.15) is 63.6 Å². The Morgan fingerprint density at radius 1 is 1.29 bits per heavy atom. The summed E-state index contributed by atoms with van der Waals surface area (Å²) < 4.78 is 0. The third-order valence-electron chi connectivity index (χ3n) is 4.40. The van der Waals surface area contributed by atoms with E-state index in [9.17, 15) is 4.79 Å². The molecule has 1 amide bonds. The van der Waals surface area contributed by atoms with Gasteiger partial charge < -0.3 is 10.6 Å². The van der Waals surface area contributed by atoms with E-state index in [1.54, 1.807) is 0 Å². The Morgan fingerprint density at radius 3 is 2.81 bits per heavy atom. The molecule has 2 N–H and O–H groups in total. The normalized spacial score (nSPS) is 17.0. The van der Waals surface area contributed by atoms with Crippen LogP contribution in [0.15, 0.2) is 18.2 Å². The molecule has 0 bridgehead atoms. The molecule has 2 atom stereocenters. The summed E-state index contributed by atoms with van der Waals surface area (Å²) in [6.07, 6.45) is 5.00. The fourth-order valence-corrected chi connectivity index (χ4v) is 2.84. The van der Waals surface area contributed by atoms with Crippen molar-refractivity contribution in [1.29, 1.82) is 0 Å². The molecular formula is C18H28N2O. The van der Waals surface area contributed by atoms with Gasteiger partial charge in [-0.25, -0.2) is 0 Å². The number of fused-ring (bicyclic) bond motifs is 1. The van der Waals surface area contributed by atoms with Gasteiger partial charge in [-0.3, -0.25) is 4.79 Å². The molecule has 1 aliphatic heterocycles. The molecule has 2 rings (SSSR count). The number of aryl methyl sites for hydroxylation is 1. The zero-order valence-electron chi connectivity index (χ0n) is 13.5. The number of nitrogens with one attached hydrogen (secondary N) is 2. The Morgan fingerprint density at radius 2 is 2.10 bits per heavy atom. The van der Waals surface area contributed by atoms with Crippen LogP contribution in [-0.2, 0) is 11.2 Å². The molecule has 0 radical (unpaired) electrons. The van der Waals surface area contributed by atoms with E-state index < -0.39 is 0 Å². The highest BCUT2D eigenvalue weighted by molar-refractivity contribution is 5.93. The van der Waals surface area contributed by atoms with E-state index in [-0.39, 0.29) is 5.91 Å². The van der Waals surface area contributed by atoms with Crippen LogP contribution in [0.25, 0.3) is 0 Å². The van der Waals surface area contributed by atoms with E-state index in [1.807, 2.05) is 0 Å². The molecule has 0 saturated carbocycles. The number of benzene rings is 1. The predicted octanol–water partition coefficient (Wildman–Crippen LogP) is 4.05. The van der Waals surface area contributed by atoms with Gasteiger partial charge in [0.25, 0.3) is 0 Å². The Hall–Kier alpha value is -1.35. The second kappa shape index (κ2) is 7.60. The third-order valence-corrected chi connectivity index (χ3v) is 4.40. The lowest BCUT2D eigenvalue weighted by atomic mass is 9.91. The predicted molar refractivity (Wildman–Crippen MR) is 88.5 cm³/mol. The van der Waals surface area contributed by atoms with E-state index in [0.29, 0.717) is 12.5 Å². The van der Waals surface area contributed by atoms with Crippen LogP contribution in [0, 0.1) is 5.92 Å². The smallest absolute Gasteiger partial charge is 0.224 e. The highest BCUT2D eigenvalue weighted by Crippen LogP contribution is 2.29. The van der Waals surface area contributed by atoms with Crippen molar-refractivity contribution >= 4 is 11.6 Å². The zero-order chi connectivity index (χ0) is 15.2. The minimum atomic E-state index is 0.135. The topological polar surface area (TPSA) is 41.1 Å². The number of hydrogen-bond acceptors (Lipinski definition) is 2. The van der Waals surface area contributed by atoms with Gasteiger partial charge in [0.15, 0.2) is 0 Å². The van der Waals surface area contributed by atoms with Gasteiger partial charge in [0.2, 0.25) is 5.91 Å². The molecule has 2 unspecified atom stereocenters. The SMILES string of the molecule is CCCNC(CC(C)CC)c1ccc2c(c1)CCC(=O)N2. The van der Waals surface area contributed by atoms with Gasteiger partial charge in [-0.2, -0.15) is 0 Å². The largest absolute Gasteiger partial charge is 0.326 e. The van der Waals surface area contributed by atoms with Crippen molar-refractivity contribution in [2.75, 3.05) is 11.9 Å². The fourth-order valence-electron chi connectivity index (χ4n) is 2.84. The van der Waals surface area contributed by atoms with E-state index in [4.69, 9.17) is 0 Å². The van der Waals surface area contributed by atoms with Gasteiger partial charge in [0.05, 0.1) is 0 Å². The van der Waals surface area contributed by atoms with Crippen LogP contribution in [0.3, 0.4) is 0 Å². The highest BCUT2D eigenvalue weighted by Gasteiger charge is 2.18. The molecule has 3 heteroatoms. The lowest BCUT2D eigenvalue weighted by Crippen LogP contribution is -2.25.